The highest BCUT2D eigenvalue weighted by molar-refractivity contribution is 5.80. The number of aliphatic imine (C=N–C) groups is 1. The summed E-state index contributed by atoms with van der Waals surface area (Å²) in [5.74, 6) is 2.74. The second-order valence-electron chi connectivity index (χ2n) is 6.75. The van der Waals surface area contributed by atoms with Crippen molar-refractivity contribution in [1.29, 1.82) is 0 Å². The minimum absolute atomic E-state index is 0.0339. The molecule has 2 N–H and O–H groups in total. The first-order valence-corrected chi connectivity index (χ1v) is 9.34. The lowest BCUT2D eigenvalue weighted by Crippen LogP contribution is -2.41. The highest BCUT2D eigenvalue weighted by Gasteiger charge is 2.29. The van der Waals surface area contributed by atoms with Crippen LogP contribution in [0.3, 0.4) is 0 Å². The van der Waals surface area contributed by atoms with E-state index in [1.165, 1.54) is 19.3 Å². The predicted molar refractivity (Wildman–Crippen MR) is 97.6 cm³/mol. The molecule has 0 bridgehead atoms. The fourth-order valence-corrected chi connectivity index (χ4v) is 3.29. The Balaban J connectivity index is 2.51. The van der Waals surface area contributed by atoms with Gasteiger partial charge < -0.3 is 15.5 Å². The third-order valence-corrected chi connectivity index (χ3v) is 4.77. The molecule has 0 aliphatic carbocycles. The van der Waals surface area contributed by atoms with Crippen molar-refractivity contribution in [3.63, 3.8) is 0 Å². The molecule has 1 fully saturated rings. The zero-order valence-electron chi connectivity index (χ0n) is 15.7. The third kappa shape index (κ3) is 6.40. The molecule has 0 saturated carbocycles. The number of nitrogens with one attached hydrogen (secondary N) is 2. The zero-order valence-corrected chi connectivity index (χ0v) is 15.7. The molecule has 5 nitrogen and oxygen atoms in total. The molecular weight excluding hydrogens is 288 g/mol. The number of rotatable bonds is 8. The molecule has 1 heterocycles. The standard InChI is InChI=1S/C18H36N4O/c1-6-15(7-2)16-9-12-22(13-16)18(19-8-3)21-11-10-20-17(23)14(4)5/h14-16H,6-13H2,1-5H3,(H,19,21)(H,20,23). The number of hydrogen-bond acceptors (Lipinski definition) is 2. The van der Waals surface area contributed by atoms with E-state index >= 15 is 0 Å². The van der Waals surface area contributed by atoms with E-state index in [1.807, 2.05) is 13.8 Å². The van der Waals surface area contributed by atoms with Crippen molar-refractivity contribution in [2.45, 2.75) is 53.9 Å². The van der Waals surface area contributed by atoms with E-state index in [-0.39, 0.29) is 11.8 Å². The van der Waals surface area contributed by atoms with E-state index in [0.717, 1.165) is 37.4 Å². The van der Waals surface area contributed by atoms with Gasteiger partial charge in [0.15, 0.2) is 5.96 Å². The number of hydrogen-bond donors (Lipinski definition) is 2. The van der Waals surface area contributed by atoms with Crippen LogP contribution in [-0.2, 0) is 4.79 Å². The molecule has 23 heavy (non-hydrogen) atoms. The van der Waals surface area contributed by atoms with E-state index in [9.17, 15) is 4.79 Å². The van der Waals surface area contributed by atoms with Crippen LogP contribution in [0.2, 0.25) is 0 Å². The summed E-state index contributed by atoms with van der Waals surface area (Å²) in [5, 5.41) is 6.32. The average molecular weight is 325 g/mol. The van der Waals surface area contributed by atoms with E-state index in [2.05, 4.69) is 41.3 Å². The molecule has 1 aliphatic rings. The Morgan fingerprint density at radius 1 is 1.22 bits per heavy atom. The van der Waals surface area contributed by atoms with E-state index in [1.54, 1.807) is 0 Å². The van der Waals surface area contributed by atoms with Crippen LogP contribution in [0.4, 0.5) is 0 Å². The molecule has 5 heteroatoms. The van der Waals surface area contributed by atoms with Crippen LogP contribution in [0.25, 0.3) is 0 Å². The van der Waals surface area contributed by atoms with E-state index in [4.69, 9.17) is 0 Å². The van der Waals surface area contributed by atoms with Crippen LogP contribution < -0.4 is 10.6 Å². The first-order chi connectivity index (χ1) is 11.0. The Morgan fingerprint density at radius 3 is 2.48 bits per heavy atom. The summed E-state index contributed by atoms with van der Waals surface area (Å²) in [7, 11) is 0. The molecule has 1 atom stereocenters. The van der Waals surface area contributed by atoms with Crippen molar-refractivity contribution >= 4 is 11.9 Å². The van der Waals surface area contributed by atoms with Crippen LogP contribution in [0.1, 0.15) is 53.9 Å². The molecule has 1 saturated heterocycles. The second kappa shape index (κ2) is 10.5. The van der Waals surface area contributed by atoms with Crippen LogP contribution in [0.5, 0.6) is 0 Å². The normalized spacial score (nSPS) is 18.8. The van der Waals surface area contributed by atoms with E-state index in [0.29, 0.717) is 13.1 Å². The minimum Gasteiger partial charge on any atom is -0.357 e. The summed E-state index contributed by atoms with van der Waals surface area (Å²) in [6.45, 7) is 14.8. The van der Waals surface area contributed by atoms with Crippen molar-refractivity contribution in [2.24, 2.45) is 22.7 Å². The lowest BCUT2D eigenvalue weighted by molar-refractivity contribution is -0.123. The number of carbonyl (C=O) groups excluding carboxylic acids is 1. The average Bonchev–Trinajstić information content (AvgIpc) is 3.01. The first-order valence-electron chi connectivity index (χ1n) is 9.34. The Hall–Kier alpha value is -1.26. The highest BCUT2D eigenvalue weighted by atomic mass is 16.1. The van der Waals surface area contributed by atoms with Crippen LogP contribution in [0, 0.1) is 17.8 Å². The number of amides is 1. The summed E-state index contributed by atoms with van der Waals surface area (Å²) in [6.07, 6.45) is 3.80. The second-order valence-corrected chi connectivity index (χ2v) is 6.75. The Bertz CT molecular complexity index is 377. The quantitative estimate of drug-likeness (QED) is 0.410. The van der Waals surface area contributed by atoms with E-state index < -0.39 is 0 Å². The molecule has 1 unspecified atom stereocenters. The van der Waals surface area contributed by atoms with Gasteiger partial charge in [0.25, 0.3) is 0 Å². The monoisotopic (exact) mass is 324 g/mol. The van der Waals surface area contributed by atoms with Gasteiger partial charge in [-0.25, -0.2) is 0 Å². The summed E-state index contributed by atoms with van der Waals surface area (Å²) < 4.78 is 0. The molecule has 134 valence electrons. The molecule has 0 aromatic carbocycles. The van der Waals surface area contributed by atoms with Gasteiger partial charge in [-0.05, 0) is 25.2 Å². The van der Waals surface area contributed by atoms with Gasteiger partial charge in [-0.15, -0.1) is 0 Å². The van der Waals surface area contributed by atoms with Gasteiger partial charge in [0, 0.05) is 32.1 Å². The number of nitrogens with zero attached hydrogens (tertiary/aromatic N) is 2. The Morgan fingerprint density at radius 2 is 1.91 bits per heavy atom. The molecule has 0 radical (unpaired) electrons. The fraction of sp³-hybridized carbons (Fsp3) is 0.889. The van der Waals surface area contributed by atoms with Gasteiger partial charge in [-0.3, -0.25) is 9.79 Å². The first kappa shape index (κ1) is 19.8. The zero-order chi connectivity index (χ0) is 17.2. The maximum Gasteiger partial charge on any atom is 0.222 e. The third-order valence-electron chi connectivity index (χ3n) is 4.77. The van der Waals surface area contributed by atoms with Gasteiger partial charge in [0.2, 0.25) is 5.91 Å². The largest absolute Gasteiger partial charge is 0.357 e. The molecular formula is C18H36N4O. The Kier molecular flexibility index (Phi) is 9.03. The highest BCUT2D eigenvalue weighted by Crippen LogP contribution is 2.28. The van der Waals surface area contributed by atoms with Gasteiger partial charge in [-0.2, -0.15) is 0 Å². The van der Waals surface area contributed by atoms with Crippen LogP contribution >= 0.6 is 0 Å². The minimum atomic E-state index is 0.0339. The number of guanidine groups is 1. The van der Waals surface area contributed by atoms with Crippen molar-refractivity contribution in [1.82, 2.24) is 15.5 Å². The maximum atomic E-state index is 11.6. The van der Waals surface area contributed by atoms with Crippen molar-refractivity contribution in [3.05, 3.63) is 0 Å². The number of carbonyl (C=O) groups is 1. The van der Waals surface area contributed by atoms with Crippen LogP contribution in [0.15, 0.2) is 4.99 Å². The van der Waals surface area contributed by atoms with Crippen molar-refractivity contribution in [3.8, 4) is 0 Å². The SMILES string of the molecule is CCNC(=NCCNC(=O)C(C)C)N1CCC(C(CC)CC)C1. The molecule has 1 rings (SSSR count). The smallest absolute Gasteiger partial charge is 0.222 e. The molecule has 0 aromatic rings. The predicted octanol–water partition coefficient (Wildman–Crippen LogP) is 2.48. The fourth-order valence-electron chi connectivity index (χ4n) is 3.29. The number of likely N-dealkylation sites (tertiary alicyclic amines) is 1. The Labute approximate surface area is 142 Å². The molecule has 0 spiro atoms. The summed E-state index contributed by atoms with van der Waals surface area (Å²) >= 11 is 0. The lowest BCUT2D eigenvalue weighted by Gasteiger charge is -2.24. The summed E-state index contributed by atoms with van der Waals surface area (Å²) in [6, 6.07) is 0. The molecule has 1 amide bonds. The topological polar surface area (TPSA) is 56.7 Å². The summed E-state index contributed by atoms with van der Waals surface area (Å²) in [4.78, 5) is 18.6. The summed E-state index contributed by atoms with van der Waals surface area (Å²) in [5.41, 5.74) is 0. The van der Waals surface area contributed by atoms with Gasteiger partial charge in [0.1, 0.15) is 0 Å². The van der Waals surface area contributed by atoms with Crippen molar-refractivity contribution in [2.75, 3.05) is 32.7 Å². The van der Waals surface area contributed by atoms with Crippen molar-refractivity contribution < 1.29 is 4.79 Å². The molecule has 1 aliphatic heterocycles. The van der Waals surface area contributed by atoms with Gasteiger partial charge >= 0.3 is 0 Å². The molecule has 0 aromatic heterocycles. The van der Waals surface area contributed by atoms with Crippen LogP contribution in [-0.4, -0.2) is 49.5 Å². The van der Waals surface area contributed by atoms with Gasteiger partial charge in [0.05, 0.1) is 6.54 Å². The maximum absolute atomic E-state index is 11.6. The van der Waals surface area contributed by atoms with Gasteiger partial charge in [-0.1, -0.05) is 40.5 Å². The lowest BCUT2D eigenvalue weighted by atomic mass is 9.87.